The number of aliphatic hydroxyl groups is 1. The third-order valence-electron chi connectivity index (χ3n) is 5.32. The molecule has 2 aliphatic rings. The molecular weight excluding hydrogens is 372 g/mol. The fraction of sp³-hybridized carbons (Fsp3) is 0.409. The van der Waals surface area contributed by atoms with E-state index in [2.05, 4.69) is 25.1 Å². The second-order valence-electron chi connectivity index (χ2n) is 7.12. The van der Waals surface area contributed by atoms with Crippen LogP contribution in [0.5, 0.6) is 0 Å². The molecule has 2 aliphatic carbocycles. The average molecular weight is 395 g/mol. The molecule has 1 aromatic rings. The summed E-state index contributed by atoms with van der Waals surface area (Å²) in [4.78, 5) is 0. The topological polar surface area (TPSA) is 118 Å². The minimum Gasteiger partial charge on any atom is -0.399 e. The highest BCUT2D eigenvalue weighted by Crippen LogP contribution is 2.56. The van der Waals surface area contributed by atoms with E-state index in [1.165, 1.54) is 0 Å². The molecule has 0 saturated carbocycles. The van der Waals surface area contributed by atoms with Crippen molar-refractivity contribution in [3.05, 3.63) is 57.8 Å². The van der Waals surface area contributed by atoms with Crippen LogP contribution in [0, 0.1) is 51.2 Å². The first-order valence-electron chi connectivity index (χ1n) is 9.19. The molecule has 0 bridgehead atoms. The number of rotatable bonds is 1. The number of benzene rings is 1. The number of nitrogens with two attached hydrogens (primary N) is 1. The summed E-state index contributed by atoms with van der Waals surface area (Å²) in [6.07, 6.45) is 3.70. The Morgan fingerprint density at radius 2 is 1.93 bits per heavy atom. The number of halogens is 1. The van der Waals surface area contributed by atoms with Gasteiger partial charge in [0.25, 0.3) is 0 Å². The first kappa shape index (κ1) is 21.5. The Morgan fingerprint density at radius 3 is 2.46 bits per heavy atom. The van der Waals surface area contributed by atoms with Gasteiger partial charge >= 0.3 is 0 Å². The summed E-state index contributed by atoms with van der Waals surface area (Å²) in [6.45, 7) is 4.07. The second-order valence-corrected chi connectivity index (χ2v) is 7.56. The Balaban J connectivity index is 0.000000878. The lowest BCUT2D eigenvalue weighted by molar-refractivity contribution is 0.284. The predicted octanol–water partition coefficient (Wildman–Crippen LogP) is 4.18. The first-order chi connectivity index (χ1) is 13.4. The lowest BCUT2D eigenvalue weighted by Gasteiger charge is -2.44. The van der Waals surface area contributed by atoms with Crippen LogP contribution in [0.25, 0.3) is 0 Å². The van der Waals surface area contributed by atoms with Crippen LogP contribution < -0.4 is 5.73 Å². The summed E-state index contributed by atoms with van der Waals surface area (Å²) in [6, 6.07) is 13.6. The van der Waals surface area contributed by atoms with Crippen molar-refractivity contribution in [2.24, 2.45) is 23.0 Å². The van der Waals surface area contributed by atoms with Crippen LogP contribution in [0.4, 0.5) is 0 Å². The highest BCUT2D eigenvalue weighted by molar-refractivity contribution is 6.30. The van der Waals surface area contributed by atoms with Gasteiger partial charge in [-0.05, 0) is 54.9 Å². The van der Waals surface area contributed by atoms with Gasteiger partial charge in [0.05, 0.1) is 23.4 Å². The maximum absolute atomic E-state index is 9.93. The molecule has 144 valence electrons. The highest BCUT2D eigenvalue weighted by Gasteiger charge is 2.54. The summed E-state index contributed by atoms with van der Waals surface area (Å²) in [5, 5.41) is 37.6. The summed E-state index contributed by atoms with van der Waals surface area (Å²) >= 11 is 6.16. The number of hydrogen-bond acceptors (Lipinski definition) is 5. The van der Waals surface area contributed by atoms with E-state index < -0.39 is 11.3 Å². The van der Waals surface area contributed by atoms with Crippen molar-refractivity contribution in [3.63, 3.8) is 0 Å². The molecule has 0 aliphatic heterocycles. The molecule has 5 nitrogen and oxygen atoms in total. The van der Waals surface area contributed by atoms with Gasteiger partial charge < -0.3 is 10.8 Å². The van der Waals surface area contributed by atoms with Crippen LogP contribution in [0.3, 0.4) is 0 Å². The van der Waals surface area contributed by atoms with E-state index >= 15 is 0 Å². The Bertz CT molecular complexity index is 915. The van der Waals surface area contributed by atoms with Crippen LogP contribution >= 0.6 is 11.6 Å². The van der Waals surface area contributed by atoms with Gasteiger partial charge in [-0.3, -0.25) is 0 Å². The van der Waals surface area contributed by atoms with Crippen LogP contribution in [-0.4, -0.2) is 11.7 Å². The van der Waals surface area contributed by atoms with E-state index in [1.54, 1.807) is 19.1 Å². The number of allylic oxidation sites excluding steroid dienone is 4. The minimum absolute atomic E-state index is 0.0574. The molecule has 3 rings (SSSR count). The molecule has 0 saturated heterocycles. The van der Waals surface area contributed by atoms with Crippen molar-refractivity contribution in [1.29, 1.82) is 15.8 Å². The quantitative estimate of drug-likeness (QED) is 0.740. The van der Waals surface area contributed by atoms with Crippen molar-refractivity contribution in [2.75, 3.05) is 6.61 Å². The average Bonchev–Trinajstić information content (AvgIpc) is 2.68. The van der Waals surface area contributed by atoms with Gasteiger partial charge in [0, 0.05) is 17.5 Å². The molecular formula is C22H23ClN4O. The molecule has 28 heavy (non-hydrogen) atoms. The lowest BCUT2D eigenvalue weighted by Crippen LogP contribution is -2.43. The molecule has 3 atom stereocenters. The Kier molecular flexibility index (Phi) is 6.87. The monoisotopic (exact) mass is 394 g/mol. The largest absolute Gasteiger partial charge is 0.399 e. The smallest absolute Gasteiger partial charge is 0.191 e. The Morgan fingerprint density at radius 1 is 1.29 bits per heavy atom. The van der Waals surface area contributed by atoms with Crippen LogP contribution in [0.2, 0.25) is 5.02 Å². The van der Waals surface area contributed by atoms with Crippen molar-refractivity contribution < 1.29 is 5.11 Å². The standard InChI is InChI=1S/C20H17ClN4.C2H6O/c1-12-5-6-15-16(7-12)18(13-3-2-4-14(21)8-13)20(10-23,11-24)19(25)17(15)9-22;1-2-3/h2-4,6,8,12,16,18H,5,7,25H2,1H3;3H,2H2,1H3. The van der Waals surface area contributed by atoms with Crippen LogP contribution in [-0.2, 0) is 0 Å². The van der Waals surface area contributed by atoms with E-state index in [4.69, 9.17) is 22.4 Å². The summed E-state index contributed by atoms with van der Waals surface area (Å²) in [5.41, 5.74) is 6.68. The second kappa shape index (κ2) is 8.94. The summed E-state index contributed by atoms with van der Waals surface area (Å²) < 4.78 is 0. The SMILES string of the molecule is CC1CC=C2C(C#N)=C(N)C(C#N)(C#N)C(c3cccc(Cl)c3)C2C1.CCO. The molecule has 6 heteroatoms. The molecule has 0 aromatic heterocycles. The van der Waals surface area contributed by atoms with E-state index in [-0.39, 0.29) is 18.2 Å². The number of hydrogen-bond donors (Lipinski definition) is 2. The van der Waals surface area contributed by atoms with Gasteiger partial charge in [-0.15, -0.1) is 0 Å². The zero-order chi connectivity index (χ0) is 20.9. The highest BCUT2D eigenvalue weighted by atomic mass is 35.5. The van der Waals surface area contributed by atoms with Crippen molar-refractivity contribution in [2.45, 2.75) is 32.6 Å². The molecule has 0 radical (unpaired) electrons. The molecule has 0 spiro atoms. The zero-order valence-corrected chi connectivity index (χ0v) is 16.7. The Hall–Kier alpha value is -2.78. The molecule has 3 N–H and O–H groups in total. The summed E-state index contributed by atoms with van der Waals surface area (Å²) in [5.74, 6) is -0.152. The van der Waals surface area contributed by atoms with Crippen molar-refractivity contribution in [3.8, 4) is 18.2 Å². The fourth-order valence-corrected chi connectivity index (χ4v) is 4.35. The van der Waals surface area contributed by atoms with E-state index in [1.807, 2.05) is 18.2 Å². The number of fused-ring (bicyclic) bond motifs is 1. The van der Waals surface area contributed by atoms with Gasteiger partial charge in [-0.1, -0.05) is 36.7 Å². The lowest BCUT2D eigenvalue weighted by atomic mass is 9.56. The number of aliphatic hydroxyl groups excluding tert-OH is 1. The van der Waals surface area contributed by atoms with Gasteiger partial charge in [-0.25, -0.2) is 0 Å². The van der Waals surface area contributed by atoms with Crippen molar-refractivity contribution in [1.82, 2.24) is 0 Å². The zero-order valence-electron chi connectivity index (χ0n) is 16.0. The van der Waals surface area contributed by atoms with E-state index in [0.717, 1.165) is 24.0 Å². The molecule has 0 heterocycles. The van der Waals surface area contributed by atoms with Crippen molar-refractivity contribution >= 4 is 11.6 Å². The maximum Gasteiger partial charge on any atom is 0.191 e. The Labute approximate surface area is 171 Å². The van der Waals surface area contributed by atoms with E-state index in [9.17, 15) is 15.8 Å². The minimum atomic E-state index is -1.57. The molecule has 0 fully saturated rings. The molecule has 3 unspecified atom stereocenters. The van der Waals surface area contributed by atoms with Gasteiger partial charge in [0.2, 0.25) is 0 Å². The predicted molar refractivity (Wildman–Crippen MR) is 107 cm³/mol. The normalized spacial score (nSPS) is 25.0. The van der Waals surface area contributed by atoms with Gasteiger partial charge in [-0.2, -0.15) is 15.8 Å². The molecule has 1 aromatic carbocycles. The third kappa shape index (κ3) is 3.63. The molecule has 0 amide bonds. The summed E-state index contributed by atoms with van der Waals surface area (Å²) in [7, 11) is 0. The number of nitrogens with zero attached hydrogens (tertiary/aromatic N) is 3. The van der Waals surface area contributed by atoms with Gasteiger partial charge in [0.15, 0.2) is 5.41 Å². The van der Waals surface area contributed by atoms with Crippen LogP contribution in [0.15, 0.2) is 47.2 Å². The van der Waals surface area contributed by atoms with E-state index in [0.29, 0.717) is 16.5 Å². The maximum atomic E-state index is 9.93. The van der Waals surface area contributed by atoms with Crippen LogP contribution in [0.1, 0.15) is 38.2 Å². The number of nitriles is 3. The fourth-order valence-electron chi connectivity index (χ4n) is 4.15. The third-order valence-corrected chi connectivity index (χ3v) is 5.56. The van der Waals surface area contributed by atoms with Gasteiger partial charge in [0.1, 0.15) is 6.07 Å². The first-order valence-corrected chi connectivity index (χ1v) is 9.57.